The molecule has 6 nitrogen and oxygen atoms in total. The van der Waals surface area contributed by atoms with E-state index in [4.69, 9.17) is 9.15 Å². The van der Waals surface area contributed by atoms with Crippen molar-refractivity contribution in [1.29, 1.82) is 0 Å². The van der Waals surface area contributed by atoms with Gasteiger partial charge in [0.1, 0.15) is 5.75 Å². The molecule has 1 aromatic heterocycles. The molecule has 0 fully saturated rings. The lowest BCUT2D eigenvalue weighted by molar-refractivity contribution is -0.137. The maximum Gasteiger partial charge on any atom is 0.416 e. The summed E-state index contributed by atoms with van der Waals surface area (Å²) in [4.78, 5) is 12.5. The summed E-state index contributed by atoms with van der Waals surface area (Å²) < 4.78 is 49.5. The molecule has 32 heavy (non-hydrogen) atoms. The SMILES string of the molecule is COc1ccc(C(C)(C)C)cc1NC(=O)CCc1nnc(-c2cccc(C(F)(F)F)c2)o1. The van der Waals surface area contributed by atoms with E-state index in [1.807, 2.05) is 12.1 Å². The topological polar surface area (TPSA) is 77.2 Å². The molecule has 1 N–H and O–H groups in total. The first-order valence-electron chi connectivity index (χ1n) is 9.96. The molecule has 0 aliphatic heterocycles. The molecule has 0 atom stereocenters. The van der Waals surface area contributed by atoms with E-state index in [0.717, 1.165) is 17.7 Å². The Balaban J connectivity index is 1.66. The highest BCUT2D eigenvalue weighted by Gasteiger charge is 2.30. The van der Waals surface area contributed by atoms with Gasteiger partial charge in [-0.15, -0.1) is 10.2 Å². The molecule has 3 aromatic rings. The van der Waals surface area contributed by atoms with E-state index in [0.29, 0.717) is 11.4 Å². The largest absolute Gasteiger partial charge is 0.495 e. The van der Waals surface area contributed by atoms with Crippen LogP contribution in [0.2, 0.25) is 0 Å². The quantitative estimate of drug-likeness (QED) is 0.530. The van der Waals surface area contributed by atoms with Crippen molar-refractivity contribution in [3.63, 3.8) is 0 Å². The van der Waals surface area contributed by atoms with Crippen molar-refractivity contribution in [3.05, 3.63) is 59.5 Å². The lowest BCUT2D eigenvalue weighted by Crippen LogP contribution is -2.16. The molecule has 9 heteroatoms. The van der Waals surface area contributed by atoms with E-state index in [1.165, 1.54) is 19.2 Å². The summed E-state index contributed by atoms with van der Waals surface area (Å²) >= 11 is 0. The molecule has 3 rings (SSSR count). The van der Waals surface area contributed by atoms with Gasteiger partial charge in [-0.25, -0.2) is 0 Å². The monoisotopic (exact) mass is 447 g/mol. The molecular formula is C23H24F3N3O3. The molecular weight excluding hydrogens is 423 g/mol. The van der Waals surface area contributed by atoms with Crippen LogP contribution in [0.5, 0.6) is 5.75 Å². The number of nitrogens with one attached hydrogen (secondary N) is 1. The van der Waals surface area contributed by atoms with Gasteiger partial charge in [0, 0.05) is 18.4 Å². The van der Waals surface area contributed by atoms with Crippen molar-refractivity contribution in [2.24, 2.45) is 0 Å². The number of carbonyl (C=O) groups is 1. The Hall–Kier alpha value is -3.36. The number of methoxy groups -OCH3 is 1. The van der Waals surface area contributed by atoms with Crippen LogP contribution in [0.1, 0.15) is 44.2 Å². The van der Waals surface area contributed by atoms with E-state index < -0.39 is 11.7 Å². The fourth-order valence-corrected chi connectivity index (χ4v) is 3.01. The Morgan fingerprint density at radius 2 is 1.81 bits per heavy atom. The molecule has 170 valence electrons. The standard InChI is InChI=1S/C23H24F3N3O3/c1-22(2,3)15-8-9-18(31-4)17(13-15)27-19(30)10-11-20-28-29-21(32-20)14-6-5-7-16(12-14)23(24,25)26/h5-9,12-13H,10-11H2,1-4H3,(H,27,30). The third-order valence-electron chi connectivity index (χ3n) is 4.81. The number of hydrogen-bond donors (Lipinski definition) is 1. The van der Waals surface area contributed by atoms with E-state index in [9.17, 15) is 18.0 Å². The van der Waals surface area contributed by atoms with E-state index in [1.54, 1.807) is 6.07 Å². The zero-order valence-corrected chi connectivity index (χ0v) is 18.2. The number of carbonyl (C=O) groups excluding carboxylic acids is 1. The molecule has 0 unspecified atom stereocenters. The highest BCUT2D eigenvalue weighted by molar-refractivity contribution is 5.92. The first kappa shape index (κ1) is 23.3. The van der Waals surface area contributed by atoms with Crippen molar-refractivity contribution < 1.29 is 27.1 Å². The Kier molecular flexibility index (Phi) is 6.57. The lowest BCUT2D eigenvalue weighted by atomic mass is 9.87. The van der Waals surface area contributed by atoms with Gasteiger partial charge < -0.3 is 14.5 Å². The Morgan fingerprint density at radius 3 is 2.47 bits per heavy atom. The fraction of sp³-hybridized carbons (Fsp3) is 0.348. The smallest absolute Gasteiger partial charge is 0.416 e. The summed E-state index contributed by atoms with van der Waals surface area (Å²) in [7, 11) is 1.52. The molecule has 0 saturated carbocycles. The molecule has 0 radical (unpaired) electrons. The average Bonchev–Trinajstić information content (AvgIpc) is 3.20. The molecule has 1 heterocycles. The zero-order chi connectivity index (χ0) is 23.5. The molecule has 1 amide bonds. The Bertz CT molecular complexity index is 1100. The normalized spacial score (nSPS) is 12.0. The molecule has 0 bridgehead atoms. The number of rotatable bonds is 6. The fourth-order valence-electron chi connectivity index (χ4n) is 3.01. The second kappa shape index (κ2) is 9.02. The van der Waals surface area contributed by atoms with Crippen LogP contribution in [0, 0.1) is 0 Å². The number of nitrogens with zero attached hydrogens (tertiary/aromatic N) is 2. The number of aromatic nitrogens is 2. The number of hydrogen-bond acceptors (Lipinski definition) is 5. The van der Waals surface area contributed by atoms with Gasteiger partial charge in [0.05, 0.1) is 18.4 Å². The minimum Gasteiger partial charge on any atom is -0.495 e. The molecule has 0 saturated heterocycles. The minimum absolute atomic E-state index is 0.0361. The molecule has 2 aromatic carbocycles. The lowest BCUT2D eigenvalue weighted by Gasteiger charge is -2.21. The van der Waals surface area contributed by atoms with Crippen LogP contribution >= 0.6 is 0 Å². The van der Waals surface area contributed by atoms with Crippen LogP contribution in [0.4, 0.5) is 18.9 Å². The van der Waals surface area contributed by atoms with Crippen LogP contribution in [-0.4, -0.2) is 23.2 Å². The van der Waals surface area contributed by atoms with E-state index >= 15 is 0 Å². The van der Waals surface area contributed by atoms with E-state index in [2.05, 4.69) is 36.3 Å². The van der Waals surface area contributed by atoms with Gasteiger partial charge in [0.2, 0.25) is 17.7 Å². The van der Waals surface area contributed by atoms with Gasteiger partial charge >= 0.3 is 6.18 Å². The maximum atomic E-state index is 12.9. The van der Waals surface area contributed by atoms with Crippen LogP contribution in [0.25, 0.3) is 11.5 Å². The summed E-state index contributed by atoms with van der Waals surface area (Å²) in [5, 5.41) is 10.5. The number of halogens is 3. The van der Waals surface area contributed by atoms with Crippen molar-refractivity contribution in [2.75, 3.05) is 12.4 Å². The molecule has 0 aliphatic rings. The van der Waals surface area contributed by atoms with Gasteiger partial charge in [0.25, 0.3) is 0 Å². The van der Waals surface area contributed by atoms with Crippen molar-refractivity contribution in [2.45, 2.75) is 45.2 Å². The number of amides is 1. The predicted molar refractivity (Wildman–Crippen MR) is 113 cm³/mol. The van der Waals surface area contributed by atoms with Crippen LogP contribution < -0.4 is 10.1 Å². The number of benzene rings is 2. The third-order valence-corrected chi connectivity index (χ3v) is 4.81. The zero-order valence-electron chi connectivity index (χ0n) is 18.2. The first-order valence-corrected chi connectivity index (χ1v) is 9.96. The van der Waals surface area contributed by atoms with Gasteiger partial charge in [0.15, 0.2) is 0 Å². The van der Waals surface area contributed by atoms with Crippen LogP contribution in [0.3, 0.4) is 0 Å². The minimum atomic E-state index is -4.47. The number of aryl methyl sites for hydroxylation is 1. The number of alkyl halides is 3. The second-order valence-corrected chi connectivity index (χ2v) is 8.29. The van der Waals surface area contributed by atoms with Gasteiger partial charge in [-0.3, -0.25) is 4.79 Å². The summed E-state index contributed by atoms with van der Waals surface area (Å²) in [5.41, 5.74) is 0.846. The maximum absolute atomic E-state index is 12.9. The number of ether oxygens (including phenoxy) is 1. The molecule has 0 spiro atoms. The van der Waals surface area contributed by atoms with Crippen molar-refractivity contribution >= 4 is 11.6 Å². The third kappa shape index (κ3) is 5.66. The number of anilines is 1. The second-order valence-electron chi connectivity index (χ2n) is 8.29. The van der Waals surface area contributed by atoms with Crippen LogP contribution in [0.15, 0.2) is 46.9 Å². The molecule has 0 aliphatic carbocycles. The average molecular weight is 447 g/mol. The Labute approximate surface area is 183 Å². The first-order chi connectivity index (χ1) is 15.0. The van der Waals surface area contributed by atoms with Crippen LogP contribution in [-0.2, 0) is 22.8 Å². The van der Waals surface area contributed by atoms with Gasteiger partial charge in [-0.1, -0.05) is 32.9 Å². The summed E-state index contributed by atoms with van der Waals surface area (Å²) in [6.07, 6.45) is -4.28. The highest BCUT2D eigenvalue weighted by Crippen LogP contribution is 2.33. The van der Waals surface area contributed by atoms with Gasteiger partial charge in [-0.2, -0.15) is 13.2 Å². The predicted octanol–water partition coefficient (Wildman–Crippen LogP) is 5.63. The Morgan fingerprint density at radius 1 is 1.06 bits per heavy atom. The summed E-state index contributed by atoms with van der Waals surface area (Å²) in [5.74, 6) is 0.373. The summed E-state index contributed by atoms with van der Waals surface area (Å²) in [6, 6.07) is 10.3. The highest BCUT2D eigenvalue weighted by atomic mass is 19.4. The van der Waals surface area contributed by atoms with Gasteiger partial charge in [-0.05, 0) is 41.3 Å². The summed E-state index contributed by atoms with van der Waals surface area (Å²) in [6.45, 7) is 6.20. The van der Waals surface area contributed by atoms with Crippen molar-refractivity contribution in [1.82, 2.24) is 10.2 Å². The van der Waals surface area contributed by atoms with Crippen molar-refractivity contribution in [3.8, 4) is 17.2 Å². The van der Waals surface area contributed by atoms with E-state index in [-0.39, 0.29) is 41.5 Å².